The average molecular weight is 424 g/mol. The highest BCUT2D eigenvalue weighted by Gasteiger charge is 2.32. The molecule has 0 radical (unpaired) electrons. The Kier molecular flexibility index (Phi) is 6.14. The molecule has 7 nitrogen and oxygen atoms in total. The molecule has 0 saturated carbocycles. The van der Waals surface area contributed by atoms with Gasteiger partial charge in [-0.3, -0.25) is 14.2 Å². The Morgan fingerprint density at radius 3 is 2.75 bits per heavy atom. The lowest BCUT2D eigenvalue weighted by molar-refractivity contribution is -0.128. The Labute approximate surface area is 169 Å². The molecule has 0 N–H and O–H groups in total. The summed E-state index contributed by atoms with van der Waals surface area (Å²) in [6.07, 6.45) is 1.24. The van der Waals surface area contributed by atoms with Gasteiger partial charge in [0.05, 0.1) is 28.2 Å². The van der Waals surface area contributed by atoms with Gasteiger partial charge in [-0.15, -0.1) is 0 Å². The molecule has 1 aliphatic heterocycles. The van der Waals surface area contributed by atoms with Crippen molar-refractivity contribution in [1.29, 1.82) is 0 Å². The van der Waals surface area contributed by atoms with E-state index >= 15 is 0 Å². The molecule has 152 valence electrons. The maximum Gasteiger partial charge on any atom is 0.262 e. The van der Waals surface area contributed by atoms with Crippen molar-refractivity contribution in [2.75, 3.05) is 24.3 Å². The quantitative estimate of drug-likeness (QED) is 0.522. The number of thioether (sulfide) groups is 1. The third-order valence-electron chi connectivity index (χ3n) is 5.28. The monoisotopic (exact) mass is 423 g/mol. The van der Waals surface area contributed by atoms with Gasteiger partial charge in [0, 0.05) is 19.1 Å². The number of nitrogens with zero attached hydrogens (tertiary/aromatic N) is 3. The summed E-state index contributed by atoms with van der Waals surface area (Å²) in [5.74, 6) is 0.0903. The van der Waals surface area contributed by atoms with Crippen LogP contribution >= 0.6 is 11.8 Å². The second kappa shape index (κ2) is 8.24. The van der Waals surface area contributed by atoms with Crippen LogP contribution in [-0.2, 0) is 14.6 Å². The van der Waals surface area contributed by atoms with Gasteiger partial charge in [0.1, 0.15) is 0 Å². The predicted octanol–water partition coefficient (Wildman–Crippen LogP) is 2.11. The summed E-state index contributed by atoms with van der Waals surface area (Å²) in [5, 5.41) is 1.07. The normalized spacial score (nSPS) is 19.6. The van der Waals surface area contributed by atoms with Crippen molar-refractivity contribution >= 4 is 38.4 Å². The van der Waals surface area contributed by atoms with Gasteiger partial charge in [-0.1, -0.05) is 30.8 Å². The molecule has 2 atom stereocenters. The highest BCUT2D eigenvalue weighted by Crippen LogP contribution is 2.24. The highest BCUT2D eigenvalue weighted by molar-refractivity contribution is 7.99. The fraction of sp³-hybridized carbons (Fsp3) is 0.526. The molecule has 0 aliphatic carbocycles. The van der Waals surface area contributed by atoms with E-state index in [2.05, 4.69) is 4.98 Å². The molecule has 1 aromatic heterocycles. The standard InChI is InChI=1S/C19H25N3O4S2/c1-4-13(2)22-18(24)15-7-5-6-8-16(15)20-19(22)27-11-17(23)21(3)14-9-10-28(25,26)12-14/h5-8,13-14H,4,9-12H2,1-3H3/t13-,14+/m0/s1. The number of fused-ring (bicyclic) bond motifs is 1. The first-order chi connectivity index (χ1) is 13.2. The van der Waals surface area contributed by atoms with Crippen LogP contribution in [0.4, 0.5) is 0 Å². The maximum atomic E-state index is 13.0. The van der Waals surface area contributed by atoms with Crippen molar-refractivity contribution in [1.82, 2.24) is 14.5 Å². The minimum absolute atomic E-state index is 0.0196. The lowest BCUT2D eigenvalue weighted by Gasteiger charge is -2.24. The molecule has 1 fully saturated rings. The second-order valence-electron chi connectivity index (χ2n) is 7.19. The van der Waals surface area contributed by atoms with Crippen molar-refractivity contribution < 1.29 is 13.2 Å². The van der Waals surface area contributed by atoms with Crippen molar-refractivity contribution in [2.24, 2.45) is 0 Å². The molecule has 1 aliphatic rings. The van der Waals surface area contributed by atoms with Crippen LogP contribution in [0.3, 0.4) is 0 Å². The zero-order chi connectivity index (χ0) is 20.5. The summed E-state index contributed by atoms with van der Waals surface area (Å²) in [7, 11) is -1.41. The molecular weight excluding hydrogens is 398 g/mol. The number of carbonyl (C=O) groups excluding carboxylic acids is 1. The van der Waals surface area contributed by atoms with E-state index in [0.717, 1.165) is 6.42 Å². The number of amides is 1. The fourth-order valence-electron chi connectivity index (χ4n) is 3.31. The predicted molar refractivity (Wildman–Crippen MR) is 112 cm³/mol. The highest BCUT2D eigenvalue weighted by atomic mass is 32.2. The Bertz CT molecular complexity index is 1050. The topological polar surface area (TPSA) is 89.3 Å². The van der Waals surface area contributed by atoms with E-state index in [9.17, 15) is 18.0 Å². The van der Waals surface area contributed by atoms with Crippen LogP contribution < -0.4 is 5.56 Å². The molecule has 9 heteroatoms. The van der Waals surface area contributed by atoms with Gasteiger partial charge in [-0.25, -0.2) is 13.4 Å². The van der Waals surface area contributed by atoms with Crippen LogP contribution in [0.1, 0.15) is 32.7 Å². The smallest absolute Gasteiger partial charge is 0.262 e. The van der Waals surface area contributed by atoms with E-state index in [1.165, 1.54) is 16.7 Å². The molecule has 3 rings (SSSR count). The Balaban J connectivity index is 1.83. The average Bonchev–Trinajstić information content (AvgIpc) is 3.04. The Morgan fingerprint density at radius 1 is 1.39 bits per heavy atom. The number of benzene rings is 1. The van der Waals surface area contributed by atoms with Crippen LogP contribution in [0.25, 0.3) is 10.9 Å². The minimum Gasteiger partial charge on any atom is -0.341 e. The zero-order valence-corrected chi connectivity index (χ0v) is 17.9. The molecular formula is C19H25N3O4S2. The fourth-order valence-corrected chi connectivity index (χ4v) is 6.11. The van der Waals surface area contributed by atoms with Gasteiger partial charge >= 0.3 is 0 Å². The Morgan fingerprint density at radius 2 is 2.11 bits per heavy atom. The molecule has 0 spiro atoms. The van der Waals surface area contributed by atoms with Gasteiger partial charge in [0.15, 0.2) is 15.0 Å². The van der Waals surface area contributed by atoms with Crippen LogP contribution in [0, 0.1) is 0 Å². The summed E-state index contributed by atoms with van der Waals surface area (Å²) in [6.45, 7) is 3.96. The molecule has 2 heterocycles. The van der Waals surface area contributed by atoms with E-state index in [0.29, 0.717) is 22.5 Å². The first-order valence-corrected chi connectivity index (χ1v) is 12.1. The molecule has 0 unspecified atom stereocenters. The summed E-state index contributed by atoms with van der Waals surface area (Å²) in [6, 6.07) is 6.87. The molecule has 28 heavy (non-hydrogen) atoms. The third kappa shape index (κ3) is 4.25. The van der Waals surface area contributed by atoms with Crippen LogP contribution in [0.15, 0.2) is 34.2 Å². The van der Waals surface area contributed by atoms with Crippen LogP contribution in [0.2, 0.25) is 0 Å². The second-order valence-corrected chi connectivity index (χ2v) is 10.4. The van der Waals surface area contributed by atoms with E-state index in [-0.39, 0.29) is 40.8 Å². The van der Waals surface area contributed by atoms with Gasteiger partial charge in [-0.2, -0.15) is 0 Å². The van der Waals surface area contributed by atoms with Gasteiger partial charge in [0.2, 0.25) is 5.91 Å². The first kappa shape index (κ1) is 20.9. The number of aromatic nitrogens is 2. The number of para-hydroxylation sites is 1. The van der Waals surface area contributed by atoms with Gasteiger partial charge in [-0.05, 0) is 31.9 Å². The number of rotatable bonds is 6. The summed E-state index contributed by atoms with van der Waals surface area (Å²) in [4.78, 5) is 31.7. The molecule has 1 amide bonds. The summed E-state index contributed by atoms with van der Waals surface area (Å²) >= 11 is 1.23. The lowest BCUT2D eigenvalue weighted by atomic mass is 10.2. The molecule has 1 aromatic carbocycles. The largest absolute Gasteiger partial charge is 0.341 e. The SMILES string of the molecule is CC[C@H](C)n1c(SCC(=O)N(C)[C@@H]2CCS(=O)(=O)C2)nc2ccccc2c1=O. The van der Waals surface area contributed by atoms with E-state index in [1.54, 1.807) is 23.7 Å². The molecule has 2 aromatic rings. The molecule has 0 bridgehead atoms. The number of hydrogen-bond acceptors (Lipinski definition) is 6. The lowest BCUT2D eigenvalue weighted by Crippen LogP contribution is -2.39. The minimum atomic E-state index is -3.05. The van der Waals surface area contributed by atoms with Crippen LogP contribution in [0.5, 0.6) is 0 Å². The van der Waals surface area contributed by atoms with Crippen molar-refractivity contribution in [2.45, 2.75) is 43.9 Å². The van der Waals surface area contributed by atoms with E-state index in [4.69, 9.17) is 0 Å². The van der Waals surface area contributed by atoms with Gasteiger partial charge < -0.3 is 4.90 Å². The zero-order valence-electron chi connectivity index (χ0n) is 16.3. The Hall–Kier alpha value is -1.87. The maximum absolute atomic E-state index is 13.0. The third-order valence-corrected chi connectivity index (χ3v) is 7.97. The number of hydrogen-bond donors (Lipinski definition) is 0. The number of carbonyl (C=O) groups is 1. The van der Waals surface area contributed by atoms with Crippen molar-refractivity contribution in [3.8, 4) is 0 Å². The van der Waals surface area contributed by atoms with Gasteiger partial charge in [0.25, 0.3) is 5.56 Å². The summed E-state index contributed by atoms with van der Waals surface area (Å²) in [5.41, 5.74) is 0.502. The first-order valence-electron chi connectivity index (χ1n) is 9.33. The number of sulfone groups is 1. The van der Waals surface area contributed by atoms with Crippen LogP contribution in [-0.4, -0.2) is 59.1 Å². The van der Waals surface area contributed by atoms with Crippen molar-refractivity contribution in [3.05, 3.63) is 34.6 Å². The summed E-state index contributed by atoms with van der Waals surface area (Å²) < 4.78 is 25.0. The van der Waals surface area contributed by atoms with Crippen molar-refractivity contribution in [3.63, 3.8) is 0 Å². The van der Waals surface area contributed by atoms with E-state index in [1.807, 2.05) is 26.0 Å². The molecule has 1 saturated heterocycles. The van der Waals surface area contributed by atoms with E-state index < -0.39 is 9.84 Å².